The van der Waals surface area contributed by atoms with Crippen LogP contribution in [-0.2, 0) is 0 Å². The van der Waals surface area contributed by atoms with Crippen molar-refractivity contribution in [3.05, 3.63) is 52.7 Å². The van der Waals surface area contributed by atoms with E-state index in [1.54, 1.807) is 12.1 Å². The Bertz CT molecular complexity index is 703. The largest absolute Gasteiger partial charge is 0.496 e. The quantitative estimate of drug-likeness (QED) is 0.906. The maximum Gasteiger partial charge on any atom is 0.335 e. The normalized spacial score (nSPS) is 10.0. The van der Waals surface area contributed by atoms with Crippen molar-refractivity contribution in [3.63, 3.8) is 0 Å². The molecule has 108 valence electrons. The lowest BCUT2D eigenvalue weighted by atomic mass is 10.2. The number of benzene rings is 1. The molecule has 0 saturated carbocycles. The average molecular weight is 307 g/mol. The minimum atomic E-state index is -1.10. The minimum absolute atomic E-state index is 0.0263. The molecule has 0 aliphatic rings. The van der Waals surface area contributed by atoms with Crippen LogP contribution in [-0.4, -0.2) is 29.1 Å². The lowest BCUT2D eigenvalue weighted by molar-refractivity contribution is 0.0696. The second-order valence-electron chi connectivity index (χ2n) is 4.03. The Balaban J connectivity index is 2.28. The van der Waals surface area contributed by atoms with E-state index >= 15 is 0 Å². The number of aromatic carboxylic acids is 1. The maximum atomic E-state index is 12.2. The van der Waals surface area contributed by atoms with Crippen LogP contribution in [0.2, 0.25) is 5.02 Å². The summed E-state index contributed by atoms with van der Waals surface area (Å²) in [5.41, 5.74) is 0.255. The predicted octanol–water partition coefficient (Wildman–Crippen LogP) is 2.69. The van der Waals surface area contributed by atoms with Gasteiger partial charge in [-0.25, -0.2) is 9.78 Å². The van der Waals surface area contributed by atoms with Gasteiger partial charge in [-0.15, -0.1) is 0 Å². The summed E-state index contributed by atoms with van der Waals surface area (Å²) in [4.78, 5) is 27.0. The zero-order valence-corrected chi connectivity index (χ0v) is 11.7. The Morgan fingerprint density at radius 1 is 1.29 bits per heavy atom. The number of nitrogens with zero attached hydrogens (tertiary/aromatic N) is 1. The van der Waals surface area contributed by atoms with Crippen molar-refractivity contribution in [1.29, 1.82) is 0 Å². The number of amides is 1. The van der Waals surface area contributed by atoms with Gasteiger partial charge in [0.05, 0.1) is 18.2 Å². The van der Waals surface area contributed by atoms with Gasteiger partial charge in [-0.05, 0) is 30.3 Å². The fourth-order valence-electron chi connectivity index (χ4n) is 1.67. The number of carboxylic acid groups (broad SMARTS) is 1. The molecule has 2 N–H and O–H groups in total. The molecule has 0 aliphatic heterocycles. The number of hydrogen-bond donors (Lipinski definition) is 2. The topological polar surface area (TPSA) is 88.5 Å². The molecule has 0 radical (unpaired) electrons. The highest BCUT2D eigenvalue weighted by atomic mass is 35.5. The van der Waals surface area contributed by atoms with Gasteiger partial charge in [0.25, 0.3) is 5.91 Å². The molecular weight excluding hydrogens is 296 g/mol. The van der Waals surface area contributed by atoms with Gasteiger partial charge in [-0.3, -0.25) is 4.79 Å². The maximum absolute atomic E-state index is 12.2. The third-order valence-electron chi connectivity index (χ3n) is 2.65. The van der Waals surface area contributed by atoms with E-state index in [0.717, 1.165) is 0 Å². The van der Waals surface area contributed by atoms with Crippen molar-refractivity contribution >= 4 is 29.3 Å². The Morgan fingerprint density at radius 2 is 2.05 bits per heavy atom. The van der Waals surface area contributed by atoms with E-state index in [1.165, 1.54) is 31.5 Å². The summed E-state index contributed by atoms with van der Waals surface area (Å²) < 4.78 is 5.09. The highest BCUT2D eigenvalue weighted by molar-refractivity contribution is 6.31. The first-order valence-electron chi connectivity index (χ1n) is 5.85. The molecule has 1 heterocycles. The monoisotopic (exact) mass is 306 g/mol. The van der Waals surface area contributed by atoms with Crippen LogP contribution in [0.3, 0.4) is 0 Å². The second-order valence-corrected chi connectivity index (χ2v) is 4.47. The average Bonchev–Trinajstić information content (AvgIpc) is 2.47. The first-order valence-corrected chi connectivity index (χ1v) is 6.23. The molecule has 0 fully saturated rings. The molecular formula is C14H11ClN2O4. The summed E-state index contributed by atoms with van der Waals surface area (Å²) in [6.45, 7) is 0. The zero-order valence-electron chi connectivity index (χ0n) is 11.0. The molecule has 2 aromatic rings. The first-order chi connectivity index (χ1) is 10.0. The van der Waals surface area contributed by atoms with Gasteiger partial charge in [0.1, 0.15) is 11.6 Å². The highest BCUT2D eigenvalue weighted by Gasteiger charge is 2.14. The molecule has 0 unspecified atom stereocenters. The molecule has 0 saturated heterocycles. The SMILES string of the molecule is COc1ccc(Cl)cc1C(=O)Nc1cc(C(=O)O)ccn1. The Kier molecular flexibility index (Phi) is 4.39. The summed E-state index contributed by atoms with van der Waals surface area (Å²) in [5.74, 6) is -1.12. The van der Waals surface area contributed by atoms with Crippen LogP contribution in [0.4, 0.5) is 5.82 Å². The van der Waals surface area contributed by atoms with Crippen molar-refractivity contribution in [2.24, 2.45) is 0 Å². The fraction of sp³-hybridized carbons (Fsp3) is 0.0714. The molecule has 0 spiro atoms. The van der Waals surface area contributed by atoms with Gasteiger partial charge in [-0.1, -0.05) is 11.6 Å². The summed E-state index contributed by atoms with van der Waals surface area (Å²) in [6.07, 6.45) is 1.30. The van der Waals surface area contributed by atoms with E-state index in [9.17, 15) is 9.59 Å². The fourth-order valence-corrected chi connectivity index (χ4v) is 1.85. The van der Waals surface area contributed by atoms with Crippen molar-refractivity contribution < 1.29 is 19.4 Å². The third kappa shape index (κ3) is 3.49. The van der Waals surface area contributed by atoms with E-state index in [-0.39, 0.29) is 16.9 Å². The summed E-state index contributed by atoms with van der Waals surface area (Å²) in [7, 11) is 1.43. The van der Waals surface area contributed by atoms with Crippen LogP contribution in [0.5, 0.6) is 5.75 Å². The van der Waals surface area contributed by atoms with Crippen molar-refractivity contribution in [3.8, 4) is 5.75 Å². The molecule has 2 rings (SSSR count). The summed E-state index contributed by atoms with van der Waals surface area (Å²) in [5, 5.41) is 11.8. The van der Waals surface area contributed by atoms with Crippen LogP contribution in [0.15, 0.2) is 36.5 Å². The first kappa shape index (κ1) is 14.8. The molecule has 1 amide bonds. The second kappa shape index (κ2) is 6.23. The Morgan fingerprint density at radius 3 is 2.71 bits per heavy atom. The van der Waals surface area contributed by atoms with Crippen LogP contribution in [0.25, 0.3) is 0 Å². The predicted molar refractivity (Wildman–Crippen MR) is 77.2 cm³/mol. The minimum Gasteiger partial charge on any atom is -0.496 e. The van der Waals surface area contributed by atoms with Gasteiger partial charge in [-0.2, -0.15) is 0 Å². The van der Waals surface area contributed by atoms with Crippen molar-refractivity contribution in [2.75, 3.05) is 12.4 Å². The molecule has 7 heteroatoms. The number of rotatable bonds is 4. The molecule has 0 aliphatic carbocycles. The van der Waals surface area contributed by atoms with Gasteiger partial charge in [0.15, 0.2) is 0 Å². The zero-order chi connectivity index (χ0) is 15.4. The van der Waals surface area contributed by atoms with Crippen LogP contribution < -0.4 is 10.1 Å². The molecule has 0 bridgehead atoms. The third-order valence-corrected chi connectivity index (χ3v) is 2.89. The molecule has 0 atom stereocenters. The summed E-state index contributed by atoms with van der Waals surface area (Å²) in [6, 6.07) is 7.21. The molecule has 1 aromatic heterocycles. The van der Waals surface area contributed by atoms with E-state index in [1.807, 2.05) is 0 Å². The Labute approximate surface area is 125 Å². The number of carbonyl (C=O) groups excluding carboxylic acids is 1. The highest BCUT2D eigenvalue weighted by Crippen LogP contribution is 2.23. The number of carbonyl (C=O) groups is 2. The number of halogens is 1. The van der Waals surface area contributed by atoms with Crippen molar-refractivity contribution in [2.45, 2.75) is 0 Å². The van der Waals surface area contributed by atoms with E-state index in [0.29, 0.717) is 10.8 Å². The van der Waals surface area contributed by atoms with Crippen LogP contribution in [0.1, 0.15) is 20.7 Å². The Hall–Kier alpha value is -2.60. The number of pyridine rings is 1. The van der Waals surface area contributed by atoms with E-state index < -0.39 is 11.9 Å². The summed E-state index contributed by atoms with van der Waals surface area (Å²) >= 11 is 5.86. The van der Waals surface area contributed by atoms with Gasteiger partial charge >= 0.3 is 5.97 Å². The number of anilines is 1. The van der Waals surface area contributed by atoms with Crippen LogP contribution >= 0.6 is 11.6 Å². The van der Waals surface area contributed by atoms with Gasteiger partial charge in [0, 0.05) is 11.2 Å². The van der Waals surface area contributed by atoms with Crippen molar-refractivity contribution in [1.82, 2.24) is 4.98 Å². The van der Waals surface area contributed by atoms with Gasteiger partial charge in [0.2, 0.25) is 0 Å². The number of nitrogens with one attached hydrogen (secondary N) is 1. The number of aromatic nitrogens is 1. The molecule has 21 heavy (non-hydrogen) atoms. The van der Waals surface area contributed by atoms with E-state index in [2.05, 4.69) is 10.3 Å². The standard InChI is InChI=1S/C14H11ClN2O4/c1-21-11-3-2-9(15)7-10(11)13(18)17-12-6-8(14(19)20)4-5-16-12/h2-7H,1H3,(H,19,20)(H,16,17,18). The number of carboxylic acids is 1. The lowest BCUT2D eigenvalue weighted by Gasteiger charge is -2.09. The van der Waals surface area contributed by atoms with Gasteiger partial charge < -0.3 is 15.2 Å². The smallest absolute Gasteiger partial charge is 0.335 e. The number of methoxy groups -OCH3 is 1. The van der Waals surface area contributed by atoms with Crippen LogP contribution in [0, 0.1) is 0 Å². The van der Waals surface area contributed by atoms with E-state index in [4.69, 9.17) is 21.4 Å². The number of hydrogen-bond acceptors (Lipinski definition) is 4. The molecule has 6 nitrogen and oxygen atoms in total. The number of ether oxygens (including phenoxy) is 1. The molecule has 1 aromatic carbocycles. The lowest BCUT2D eigenvalue weighted by Crippen LogP contribution is -2.14.